The first-order valence-corrected chi connectivity index (χ1v) is 9.94. The van der Waals surface area contributed by atoms with Crippen LogP contribution in [0.4, 0.5) is 16.2 Å². The molecule has 1 fully saturated rings. The van der Waals surface area contributed by atoms with Gasteiger partial charge in [-0.2, -0.15) is 0 Å². The van der Waals surface area contributed by atoms with Gasteiger partial charge in [-0.15, -0.1) is 0 Å². The number of halogens is 2. The monoisotopic (exact) mass is 453 g/mol. The molecule has 1 saturated heterocycles. The maximum absolute atomic E-state index is 12.7. The first-order valence-electron chi connectivity index (χ1n) is 9.19. The van der Waals surface area contributed by atoms with E-state index in [0.29, 0.717) is 24.4 Å². The van der Waals surface area contributed by atoms with Gasteiger partial charge < -0.3 is 14.5 Å². The highest BCUT2D eigenvalue weighted by Crippen LogP contribution is 2.35. The average molecular weight is 454 g/mol. The number of carbonyl (C=O) groups excluding carboxylic acids is 1. The van der Waals surface area contributed by atoms with Crippen LogP contribution in [-0.4, -0.2) is 71.9 Å². The highest BCUT2D eigenvalue weighted by atomic mass is 35.5. The van der Waals surface area contributed by atoms with Gasteiger partial charge in [0, 0.05) is 42.6 Å². The molecule has 2 N–H and O–H groups in total. The summed E-state index contributed by atoms with van der Waals surface area (Å²) in [6.45, 7) is 6.60. The fraction of sp³-hybridized carbons (Fsp3) is 0.300. The van der Waals surface area contributed by atoms with E-state index in [0.717, 1.165) is 17.8 Å². The Balaban J connectivity index is 1.96. The fourth-order valence-electron chi connectivity index (χ4n) is 3.06. The van der Waals surface area contributed by atoms with Crippen molar-refractivity contribution >= 4 is 46.4 Å². The number of nitrogens with zero attached hydrogens (tertiary/aromatic N) is 3. The van der Waals surface area contributed by atoms with Gasteiger partial charge in [0.15, 0.2) is 0 Å². The number of ether oxygens (including phenoxy) is 1. The van der Waals surface area contributed by atoms with Gasteiger partial charge in [-0.3, -0.25) is 15.5 Å². The summed E-state index contributed by atoms with van der Waals surface area (Å²) in [6.07, 6.45) is 4.47. The summed E-state index contributed by atoms with van der Waals surface area (Å²) in [5.41, 5.74) is 3.87. The molecule has 30 heavy (non-hydrogen) atoms. The summed E-state index contributed by atoms with van der Waals surface area (Å²) in [5, 5.41) is 11.5. The Morgan fingerprint density at radius 3 is 2.57 bits per heavy atom. The van der Waals surface area contributed by atoms with Gasteiger partial charge in [-0.1, -0.05) is 35.9 Å². The second kappa shape index (κ2) is 9.53. The number of piperazine rings is 1. The average Bonchev–Trinajstić information content (AvgIpc) is 2.71. The number of carbonyl (C=O) groups is 1. The van der Waals surface area contributed by atoms with Crippen LogP contribution in [0.5, 0.6) is 0 Å². The second-order valence-corrected chi connectivity index (χ2v) is 7.64. The van der Waals surface area contributed by atoms with Crippen molar-refractivity contribution in [1.29, 1.82) is 0 Å². The number of anilines is 1. The lowest BCUT2D eigenvalue weighted by Crippen LogP contribution is -2.47. The summed E-state index contributed by atoms with van der Waals surface area (Å²) in [5.74, 6) is 0.156. The van der Waals surface area contributed by atoms with Crippen molar-refractivity contribution in [2.45, 2.75) is 0 Å². The Hall–Kier alpha value is -2.52. The predicted molar refractivity (Wildman–Crippen MR) is 116 cm³/mol. The fourth-order valence-corrected chi connectivity index (χ4v) is 3.38. The van der Waals surface area contributed by atoms with E-state index in [1.165, 1.54) is 19.2 Å². The number of hydrogen-bond donors (Lipinski definition) is 2. The van der Waals surface area contributed by atoms with E-state index in [9.17, 15) is 10.0 Å². The molecule has 1 amide bonds. The van der Waals surface area contributed by atoms with E-state index in [1.54, 1.807) is 23.1 Å². The Bertz CT molecular complexity index is 950. The van der Waals surface area contributed by atoms with Crippen molar-refractivity contribution in [2.24, 2.45) is 0 Å². The number of amides is 1. The molecule has 8 nitrogen and oxygen atoms in total. The molecule has 1 aliphatic carbocycles. The van der Waals surface area contributed by atoms with Crippen molar-refractivity contribution < 1.29 is 24.3 Å². The molecule has 0 saturated carbocycles. The molecule has 0 bridgehead atoms. The van der Waals surface area contributed by atoms with Gasteiger partial charge >= 0.3 is 11.8 Å². The summed E-state index contributed by atoms with van der Waals surface area (Å²) < 4.78 is 6.45. The van der Waals surface area contributed by atoms with Crippen LogP contribution in [0.15, 0.2) is 48.3 Å². The summed E-state index contributed by atoms with van der Waals surface area (Å²) in [7, 11) is 3.42. The van der Waals surface area contributed by atoms with Crippen LogP contribution in [0.1, 0.15) is 0 Å². The van der Waals surface area contributed by atoms with Gasteiger partial charge in [-0.05, 0) is 25.3 Å². The number of hydrogen-bond acceptors (Lipinski definition) is 6. The molecule has 160 valence electrons. The van der Waals surface area contributed by atoms with Gasteiger partial charge in [-0.25, -0.2) is 4.79 Å². The van der Waals surface area contributed by atoms with E-state index in [-0.39, 0.29) is 27.2 Å². The SMILES string of the molecule is C=C1C=CC=C(OC(=O)N2CCN(C)CC2)/C1=[N+](\O)c1cc(Cl)c(Cl)cc1NOC. The molecule has 0 aromatic heterocycles. The van der Waals surface area contributed by atoms with E-state index < -0.39 is 6.09 Å². The molecule has 1 aromatic rings. The number of benzene rings is 1. The largest absolute Gasteiger partial charge is 0.415 e. The van der Waals surface area contributed by atoms with Crippen LogP contribution in [-0.2, 0) is 9.57 Å². The summed E-state index contributed by atoms with van der Waals surface area (Å²) in [4.78, 5) is 21.4. The van der Waals surface area contributed by atoms with Crippen molar-refractivity contribution in [3.63, 3.8) is 0 Å². The molecular formula is C20H23Cl2N4O4+. The first kappa shape index (κ1) is 22.2. The third-order valence-electron chi connectivity index (χ3n) is 4.73. The highest BCUT2D eigenvalue weighted by molar-refractivity contribution is 6.42. The third kappa shape index (κ3) is 4.79. The van der Waals surface area contributed by atoms with Crippen LogP contribution in [0, 0.1) is 0 Å². The lowest BCUT2D eigenvalue weighted by atomic mass is 10.0. The molecule has 10 heteroatoms. The lowest BCUT2D eigenvalue weighted by molar-refractivity contribution is -0.712. The van der Waals surface area contributed by atoms with Crippen LogP contribution in [0.25, 0.3) is 0 Å². The third-order valence-corrected chi connectivity index (χ3v) is 5.45. The maximum Gasteiger partial charge on any atom is 0.415 e. The smallest absolute Gasteiger partial charge is 0.403 e. The molecule has 1 aliphatic heterocycles. The second-order valence-electron chi connectivity index (χ2n) is 6.82. The number of nitrogens with one attached hydrogen (secondary N) is 1. The maximum atomic E-state index is 12.7. The van der Waals surface area contributed by atoms with Gasteiger partial charge in [0.05, 0.1) is 17.2 Å². The number of rotatable bonds is 4. The zero-order valence-corrected chi connectivity index (χ0v) is 18.2. The number of allylic oxidation sites excluding steroid dienone is 4. The van der Waals surface area contributed by atoms with Crippen LogP contribution < -0.4 is 5.48 Å². The normalized spacial score (nSPS) is 18.9. The minimum Gasteiger partial charge on any atom is -0.403 e. The standard InChI is InChI=1S/C20H23Cl2N4O4/c1-13-5-4-6-18(30-20(27)25-9-7-24(2)8-10-25)19(13)26(28)17-12-15(22)14(21)11-16(17)23-29-3/h4-6,11-12,23,28H,1,7-10H2,2-3H3/q+1/b26-19-. The van der Waals surface area contributed by atoms with Crippen LogP contribution in [0.2, 0.25) is 10.0 Å². The molecule has 2 aliphatic rings. The van der Waals surface area contributed by atoms with Crippen molar-refractivity contribution in [3.05, 3.63) is 58.3 Å². The minimum absolute atomic E-state index is 0.156. The molecule has 0 atom stereocenters. The summed E-state index contributed by atoms with van der Waals surface area (Å²) in [6, 6.07) is 2.97. The predicted octanol–water partition coefficient (Wildman–Crippen LogP) is 3.83. The Morgan fingerprint density at radius 1 is 1.23 bits per heavy atom. The molecule has 0 spiro atoms. The van der Waals surface area contributed by atoms with Crippen molar-refractivity contribution in [3.8, 4) is 0 Å². The lowest BCUT2D eigenvalue weighted by Gasteiger charge is -2.31. The Kier molecular flexibility index (Phi) is 7.04. The first-order chi connectivity index (χ1) is 14.3. The molecule has 3 rings (SSSR count). The van der Waals surface area contributed by atoms with E-state index >= 15 is 0 Å². The number of likely N-dealkylation sites (N-methyl/N-ethyl adjacent to an activating group) is 1. The topological polar surface area (TPSA) is 77.3 Å². The Morgan fingerprint density at radius 2 is 1.90 bits per heavy atom. The van der Waals surface area contributed by atoms with Crippen LogP contribution >= 0.6 is 23.2 Å². The zero-order chi connectivity index (χ0) is 21.8. The van der Waals surface area contributed by atoms with Crippen LogP contribution in [0.3, 0.4) is 0 Å². The highest BCUT2D eigenvalue weighted by Gasteiger charge is 2.33. The van der Waals surface area contributed by atoms with Crippen molar-refractivity contribution in [1.82, 2.24) is 9.80 Å². The van der Waals surface area contributed by atoms with Crippen molar-refractivity contribution in [2.75, 3.05) is 45.8 Å². The van der Waals surface area contributed by atoms with Gasteiger partial charge in [0.1, 0.15) is 5.69 Å². The molecular weight excluding hydrogens is 431 g/mol. The van der Waals surface area contributed by atoms with Gasteiger partial charge in [0.25, 0.3) is 5.69 Å². The van der Waals surface area contributed by atoms with E-state index in [2.05, 4.69) is 17.0 Å². The molecule has 1 aromatic carbocycles. The molecule has 1 heterocycles. The minimum atomic E-state index is -0.493. The zero-order valence-electron chi connectivity index (χ0n) is 16.7. The van der Waals surface area contributed by atoms with Gasteiger partial charge in [0.2, 0.25) is 5.76 Å². The van der Waals surface area contributed by atoms with E-state index in [4.69, 9.17) is 32.8 Å². The Labute approximate surface area is 184 Å². The molecule has 0 unspecified atom stereocenters. The quantitative estimate of drug-likeness (QED) is 0.409. The molecule has 0 radical (unpaired) electrons. The summed E-state index contributed by atoms with van der Waals surface area (Å²) >= 11 is 12.2. The van der Waals surface area contributed by atoms with E-state index in [1.807, 2.05) is 7.05 Å².